The van der Waals surface area contributed by atoms with Crippen LogP contribution in [0.25, 0.3) is 11.3 Å². The number of nitrogens with zero attached hydrogens (tertiary/aromatic N) is 2. The maximum absolute atomic E-state index is 5.37. The zero-order chi connectivity index (χ0) is 14.0. The predicted molar refractivity (Wildman–Crippen MR) is 83.4 cm³/mol. The molecule has 0 aliphatic rings. The highest BCUT2D eigenvalue weighted by Crippen LogP contribution is 2.25. The van der Waals surface area contributed by atoms with Gasteiger partial charge in [0.25, 0.3) is 0 Å². The second-order valence-corrected chi connectivity index (χ2v) is 5.52. The van der Waals surface area contributed by atoms with Crippen molar-refractivity contribution in [2.45, 2.75) is 26.3 Å². The van der Waals surface area contributed by atoms with Crippen LogP contribution >= 0.6 is 12.2 Å². The Kier molecular flexibility index (Phi) is 3.71. The summed E-state index contributed by atoms with van der Waals surface area (Å²) in [5.41, 5.74) is 2.96. The molecule has 1 aromatic heterocycles. The first kappa shape index (κ1) is 13.7. The van der Waals surface area contributed by atoms with Crippen molar-refractivity contribution in [2.75, 3.05) is 7.05 Å². The molecule has 2 aromatic rings. The maximum atomic E-state index is 5.37. The van der Waals surface area contributed by atoms with Crippen LogP contribution in [0.3, 0.4) is 0 Å². The number of benzene rings is 1. The standard InChI is InChI=1S/C15H19N3S/c1-11-10-18(15(2,3)14(19)16-4)17-13(11)12-8-6-5-7-9-12/h5-10H,1-4H3,(H,16,19). The number of hydrogen-bond donors (Lipinski definition) is 1. The van der Waals surface area contributed by atoms with Crippen LogP contribution in [-0.4, -0.2) is 21.8 Å². The molecule has 0 radical (unpaired) electrons. The van der Waals surface area contributed by atoms with E-state index in [1.165, 1.54) is 0 Å². The maximum Gasteiger partial charge on any atom is 0.107 e. The second kappa shape index (κ2) is 5.13. The largest absolute Gasteiger partial charge is 0.381 e. The number of nitrogens with one attached hydrogen (secondary N) is 1. The Morgan fingerprint density at radius 3 is 2.47 bits per heavy atom. The molecular weight excluding hydrogens is 254 g/mol. The van der Waals surface area contributed by atoms with Crippen LogP contribution in [0.2, 0.25) is 0 Å². The number of aromatic nitrogens is 2. The number of aryl methyl sites for hydroxylation is 1. The molecule has 1 N–H and O–H groups in total. The summed E-state index contributed by atoms with van der Waals surface area (Å²) in [7, 11) is 1.85. The van der Waals surface area contributed by atoms with Gasteiger partial charge in [0.1, 0.15) is 10.5 Å². The Labute approximate surface area is 119 Å². The van der Waals surface area contributed by atoms with Crippen molar-refractivity contribution in [3.8, 4) is 11.3 Å². The lowest BCUT2D eigenvalue weighted by Crippen LogP contribution is -2.41. The fourth-order valence-electron chi connectivity index (χ4n) is 2.04. The van der Waals surface area contributed by atoms with Gasteiger partial charge in [-0.3, -0.25) is 4.68 Å². The molecule has 0 saturated carbocycles. The molecule has 2 rings (SSSR count). The van der Waals surface area contributed by atoms with E-state index in [9.17, 15) is 0 Å². The topological polar surface area (TPSA) is 29.9 Å². The van der Waals surface area contributed by atoms with Gasteiger partial charge in [0.05, 0.1) is 5.69 Å². The van der Waals surface area contributed by atoms with Gasteiger partial charge in [0, 0.05) is 18.8 Å². The summed E-state index contributed by atoms with van der Waals surface area (Å²) in [6, 6.07) is 10.2. The number of rotatable bonds is 3. The molecule has 0 unspecified atom stereocenters. The third kappa shape index (κ3) is 2.54. The number of thiocarbonyl (C=S) groups is 1. The van der Waals surface area contributed by atoms with E-state index >= 15 is 0 Å². The van der Waals surface area contributed by atoms with Gasteiger partial charge >= 0.3 is 0 Å². The molecule has 0 saturated heterocycles. The average Bonchev–Trinajstić information content (AvgIpc) is 2.81. The summed E-state index contributed by atoms with van der Waals surface area (Å²) in [5.74, 6) is 0. The molecule has 3 nitrogen and oxygen atoms in total. The monoisotopic (exact) mass is 273 g/mol. The van der Waals surface area contributed by atoms with E-state index in [0.29, 0.717) is 0 Å². The van der Waals surface area contributed by atoms with Gasteiger partial charge in [-0.1, -0.05) is 42.5 Å². The summed E-state index contributed by atoms with van der Waals surface area (Å²) in [5, 5.41) is 7.75. The Balaban J connectivity index is 2.45. The SMILES string of the molecule is CNC(=S)C(C)(C)n1cc(C)c(-c2ccccc2)n1. The lowest BCUT2D eigenvalue weighted by molar-refractivity contribution is 0.436. The van der Waals surface area contributed by atoms with Crippen molar-refractivity contribution < 1.29 is 0 Å². The Bertz CT molecular complexity index is 585. The summed E-state index contributed by atoms with van der Waals surface area (Å²) < 4.78 is 1.93. The third-order valence-corrected chi connectivity index (χ3v) is 4.00. The molecule has 1 heterocycles. The van der Waals surface area contributed by atoms with Crippen molar-refractivity contribution in [1.29, 1.82) is 0 Å². The smallest absolute Gasteiger partial charge is 0.107 e. The van der Waals surface area contributed by atoms with Gasteiger partial charge < -0.3 is 5.32 Å². The zero-order valence-electron chi connectivity index (χ0n) is 11.8. The van der Waals surface area contributed by atoms with Crippen LogP contribution in [-0.2, 0) is 5.54 Å². The number of likely N-dealkylation sites (N-methyl/N-ethyl adjacent to an activating group) is 1. The minimum absolute atomic E-state index is 0.331. The molecule has 0 aliphatic heterocycles. The van der Waals surface area contributed by atoms with Gasteiger partial charge in [0.15, 0.2) is 0 Å². The van der Waals surface area contributed by atoms with Gasteiger partial charge in [-0.15, -0.1) is 0 Å². The molecule has 0 amide bonds. The predicted octanol–water partition coefficient (Wildman–Crippen LogP) is 3.14. The first-order chi connectivity index (χ1) is 8.96. The lowest BCUT2D eigenvalue weighted by atomic mass is 10.1. The summed E-state index contributed by atoms with van der Waals surface area (Å²) in [6.07, 6.45) is 2.05. The number of hydrogen-bond acceptors (Lipinski definition) is 2. The summed E-state index contributed by atoms with van der Waals surface area (Å²) in [4.78, 5) is 0.773. The van der Waals surface area contributed by atoms with E-state index in [1.54, 1.807) is 0 Å². The van der Waals surface area contributed by atoms with Crippen LogP contribution in [0.5, 0.6) is 0 Å². The van der Waals surface area contributed by atoms with Gasteiger partial charge in [-0.2, -0.15) is 5.10 Å². The molecule has 0 bridgehead atoms. The molecule has 100 valence electrons. The molecule has 0 spiro atoms. The van der Waals surface area contributed by atoms with E-state index in [-0.39, 0.29) is 5.54 Å². The molecule has 0 aliphatic carbocycles. The van der Waals surface area contributed by atoms with Gasteiger partial charge in [-0.25, -0.2) is 0 Å². The summed E-state index contributed by atoms with van der Waals surface area (Å²) >= 11 is 5.37. The second-order valence-electron chi connectivity index (χ2n) is 5.11. The van der Waals surface area contributed by atoms with Gasteiger partial charge in [0.2, 0.25) is 0 Å². The van der Waals surface area contributed by atoms with Gasteiger partial charge in [-0.05, 0) is 26.3 Å². The van der Waals surface area contributed by atoms with E-state index < -0.39 is 0 Å². The zero-order valence-corrected chi connectivity index (χ0v) is 12.6. The molecular formula is C15H19N3S. The molecule has 19 heavy (non-hydrogen) atoms. The highest BCUT2D eigenvalue weighted by Gasteiger charge is 2.27. The highest BCUT2D eigenvalue weighted by atomic mass is 32.1. The van der Waals surface area contributed by atoms with Crippen LogP contribution in [0.4, 0.5) is 0 Å². The van der Waals surface area contributed by atoms with Crippen molar-refractivity contribution >= 4 is 17.2 Å². The normalized spacial score (nSPS) is 11.4. The Morgan fingerprint density at radius 1 is 1.26 bits per heavy atom. The van der Waals surface area contributed by atoms with Crippen molar-refractivity contribution in [2.24, 2.45) is 0 Å². The first-order valence-electron chi connectivity index (χ1n) is 6.31. The quantitative estimate of drug-likeness (QED) is 0.871. The third-order valence-electron chi connectivity index (χ3n) is 3.30. The van der Waals surface area contributed by atoms with Crippen LogP contribution in [0.15, 0.2) is 36.5 Å². The van der Waals surface area contributed by atoms with Crippen molar-refractivity contribution in [3.63, 3.8) is 0 Å². The van der Waals surface area contributed by atoms with E-state index in [4.69, 9.17) is 17.3 Å². The first-order valence-corrected chi connectivity index (χ1v) is 6.72. The summed E-state index contributed by atoms with van der Waals surface area (Å²) in [6.45, 7) is 6.20. The lowest BCUT2D eigenvalue weighted by Gasteiger charge is -2.26. The molecule has 0 fully saturated rings. The molecule has 4 heteroatoms. The fourth-order valence-corrected chi connectivity index (χ4v) is 2.13. The fraction of sp³-hybridized carbons (Fsp3) is 0.333. The van der Waals surface area contributed by atoms with E-state index in [2.05, 4.69) is 38.2 Å². The average molecular weight is 273 g/mol. The molecule has 0 atom stereocenters. The highest BCUT2D eigenvalue weighted by molar-refractivity contribution is 7.80. The van der Waals surface area contributed by atoms with Crippen LogP contribution in [0, 0.1) is 6.92 Å². The minimum atomic E-state index is -0.331. The molecule has 1 aromatic carbocycles. The van der Waals surface area contributed by atoms with Crippen molar-refractivity contribution in [3.05, 3.63) is 42.1 Å². The van der Waals surface area contributed by atoms with Crippen LogP contribution < -0.4 is 5.32 Å². The van der Waals surface area contributed by atoms with E-state index in [0.717, 1.165) is 21.8 Å². The minimum Gasteiger partial charge on any atom is -0.381 e. The van der Waals surface area contributed by atoms with E-state index in [1.807, 2.05) is 36.1 Å². The van der Waals surface area contributed by atoms with Crippen molar-refractivity contribution in [1.82, 2.24) is 15.1 Å². The van der Waals surface area contributed by atoms with Crippen LogP contribution in [0.1, 0.15) is 19.4 Å². The Morgan fingerprint density at radius 2 is 1.89 bits per heavy atom. The Hall–Kier alpha value is -1.68.